The highest BCUT2D eigenvalue weighted by atomic mass is 79.9. The number of carbonyl (C=O) groups excluding carboxylic acids is 1. The molecule has 0 aromatic heterocycles. The molecule has 25 heavy (non-hydrogen) atoms. The summed E-state index contributed by atoms with van der Waals surface area (Å²) < 4.78 is 6.78. The lowest BCUT2D eigenvalue weighted by Gasteiger charge is -2.05. The standard InChI is InChI=1S/C21H14BrClO2/c22-17-6-12-20(13-7-17)25-19-10-1-15(2-11-19)3-14-21(24)16-4-8-18(23)9-5-16/h1-14H/b14-3+. The summed E-state index contributed by atoms with van der Waals surface area (Å²) in [4.78, 5) is 12.1. The minimum Gasteiger partial charge on any atom is -0.457 e. The Bertz CT molecular complexity index is 883. The predicted octanol–water partition coefficient (Wildman–Crippen LogP) is 6.79. The maximum absolute atomic E-state index is 12.1. The molecule has 0 saturated carbocycles. The second-order valence-corrected chi connectivity index (χ2v) is 6.68. The average molecular weight is 414 g/mol. The summed E-state index contributed by atoms with van der Waals surface area (Å²) in [5.41, 5.74) is 1.53. The van der Waals surface area contributed by atoms with Gasteiger partial charge in [-0.15, -0.1) is 0 Å². The normalized spacial score (nSPS) is 10.8. The van der Waals surface area contributed by atoms with Crippen LogP contribution in [0.2, 0.25) is 5.02 Å². The molecule has 0 unspecified atom stereocenters. The molecule has 0 radical (unpaired) electrons. The van der Waals surface area contributed by atoms with Crippen molar-refractivity contribution in [3.8, 4) is 11.5 Å². The fourth-order valence-corrected chi connectivity index (χ4v) is 2.56. The summed E-state index contributed by atoms with van der Waals surface area (Å²) in [5, 5.41) is 0.613. The third kappa shape index (κ3) is 5.05. The monoisotopic (exact) mass is 412 g/mol. The zero-order valence-electron chi connectivity index (χ0n) is 13.2. The molecule has 3 rings (SSSR count). The molecule has 0 aliphatic rings. The minimum absolute atomic E-state index is 0.0631. The number of rotatable bonds is 5. The van der Waals surface area contributed by atoms with Crippen LogP contribution in [0.25, 0.3) is 6.08 Å². The summed E-state index contributed by atoms with van der Waals surface area (Å²) in [6.45, 7) is 0. The largest absolute Gasteiger partial charge is 0.457 e. The Kier molecular flexibility index (Phi) is 5.69. The molecule has 3 aromatic rings. The molecule has 2 nitrogen and oxygen atoms in total. The van der Waals surface area contributed by atoms with Crippen LogP contribution in [0.15, 0.2) is 83.3 Å². The van der Waals surface area contributed by atoms with Crippen molar-refractivity contribution >= 4 is 39.4 Å². The molecule has 0 fully saturated rings. The quantitative estimate of drug-likeness (QED) is 0.340. The second-order valence-electron chi connectivity index (χ2n) is 5.33. The van der Waals surface area contributed by atoms with Gasteiger partial charge in [0.25, 0.3) is 0 Å². The van der Waals surface area contributed by atoms with Gasteiger partial charge in [-0.1, -0.05) is 45.7 Å². The molecule has 124 valence electrons. The van der Waals surface area contributed by atoms with Crippen LogP contribution < -0.4 is 4.74 Å². The van der Waals surface area contributed by atoms with Crippen molar-refractivity contribution in [2.75, 3.05) is 0 Å². The Balaban J connectivity index is 1.64. The van der Waals surface area contributed by atoms with Crippen molar-refractivity contribution in [1.29, 1.82) is 0 Å². The first-order valence-electron chi connectivity index (χ1n) is 7.62. The van der Waals surface area contributed by atoms with E-state index < -0.39 is 0 Å². The summed E-state index contributed by atoms with van der Waals surface area (Å²) in [6.07, 6.45) is 3.33. The van der Waals surface area contributed by atoms with Crippen molar-refractivity contribution in [2.45, 2.75) is 0 Å². The molecule has 0 spiro atoms. The molecule has 0 saturated heterocycles. The van der Waals surface area contributed by atoms with Gasteiger partial charge in [-0.25, -0.2) is 0 Å². The summed E-state index contributed by atoms with van der Waals surface area (Å²) in [5.74, 6) is 1.44. The van der Waals surface area contributed by atoms with Gasteiger partial charge >= 0.3 is 0 Å². The number of allylic oxidation sites excluding steroid dienone is 1. The van der Waals surface area contributed by atoms with Crippen LogP contribution >= 0.6 is 27.5 Å². The Morgan fingerprint density at radius 2 is 1.40 bits per heavy atom. The lowest BCUT2D eigenvalue weighted by molar-refractivity contribution is 0.104. The highest BCUT2D eigenvalue weighted by molar-refractivity contribution is 9.10. The third-order valence-electron chi connectivity index (χ3n) is 3.49. The van der Waals surface area contributed by atoms with E-state index in [0.717, 1.165) is 21.5 Å². The van der Waals surface area contributed by atoms with E-state index in [1.807, 2.05) is 48.5 Å². The molecule has 0 bridgehead atoms. The van der Waals surface area contributed by atoms with E-state index in [1.165, 1.54) is 0 Å². The van der Waals surface area contributed by atoms with Gasteiger partial charge in [0.2, 0.25) is 0 Å². The molecule has 0 amide bonds. The number of hydrogen-bond donors (Lipinski definition) is 0. The van der Waals surface area contributed by atoms with Crippen LogP contribution in [0.1, 0.15) is 15.9 Å². The molecule has 0 heterocycles. The lowest BCUT2D eigenvalue weighted by atomic mass is 10.1. The van der Waals surface area contributed by atoms with Crippen LogP contribution in [0, 0.1) is 0 Å². The van der Waals surface area contributed by atoms with Crippen LogP contribution in [0.3, 0.4) is 0 Å². The zero-order valence-corrected chi connectivity index (χ0v) is 15.5. The fourth-order valence-electron chi connectivity index (χ4n) is 2.17. The maximum Gasteiger partial charge on any atom is 0.185 e. The first-order valence-corrected chi connectivity index (χ1v) is 8.79. The van der Waals surface area contributed by atoms with Crippen molar-refractivity contribution in [2.24, 2.45) is 0 Å². The van der Waals surface area contributed by atoms with Crippen molar-refractivity contribution in [3.05, 3.63) is 99.5 Å². The Morgan fingerprint density at radius 3 is 2.00 bits per heavy atom. The molecule has 0 aliphatic heterocycles. The van der Waals surface area contributed by atoms with E-state index in [1.54, 1.807) is 36.4 Å². The van der Waals surface area contributed by atoms with E-state index in [9.17, 15) is 4.79 Å². The zero-order chi connectivity index (χ0) is 17.6. The number of ketones is 1. The van der Waals surface area contributed by atoms with Gasteiger partial charge in [0.1, 0.15) is 11.5 Å². The summed E-state index contributed by atoms with van der Waals surface area (Å²) in [7, 11) is 0. The number of carbonyl (C=O) groups is 1. The maximum atomic E-state index is 12.1. The minimum atomic E-state index is -0.0631. The first-order chi connectivity index (χ1) is 12.1. The number of halogens is 2. The fraction of sp³-hybridized carbons (Fsp3) is 0. The highest BCUT2D eigenvalue weighted by Gasteiger charge is 2.01. The first kappa shape index (κ1) is 17.5. The SMILES string of the molecule is O=C(/C=C/c1ccc(Oc2ccc(Br)cc2)cc1)c1ccc(Cl)cc1. The smallest absolute Gasteiger partial charge is 0.185 e. The van der Waals surface area contributed by atoms with Crippen LogP contribution in [-0.2, 0) is 0 Å². The number of benzene rings is 3. The summed E-state index contributed by atoms with van der Waals surface area (Å²) >= 11 is 9.22. The molecule has 0 atom stereocenters. The molecular weight excluding hydrogens is 400 g/mol. The van der Waals surface area contributed by atoms with Gasteiger partial charge in [0, 0.05) is 15.1 Å². The molecular formula is C21H14BrClO2. The van der Waals surface area contributed by atoms with E-state index in [0.29, 0.717) is 10.6 Å². The highest BCUT2D eigenvalue weighted by Crippen LogP contribution is 2.23. The number of ether oxygens (including phenoxy) is 1. The average Bonchev–Trinajstić information content (AvgIpc) is 2.63. The van der Waals surface area contributed by atoms with Crippen molar-refractivity contribution in [1.82, 2.24) is 0 Å². The molecule has 0 aliphatic carbocycles. The van der Waals surface area contributed by atoms with Gasteiger partial charge in [0.05, 0.1) is 0 Å². The third-order valence-corrected chi connectivity index (χ3v) is 4.27. The number of hydrogen-bond acceptors (Lipinski definition) is 2. The molecule has 4 heteroatoms. The summed E-state index contributed by atoms with van der Waals surface area (Å²) in [6, 6.07) is 22.0. The van der Waals surface area contributed by atoms with Gasteiger partial charge in [-0.2, -0.15) is 0 Å². The Morgan fingerprint density at radius 1 is 0.840 bits per heavy atom. The van der Waals surface area contributed by atoms with Gasteiger partial charge in [-0.05, 0) is 72.3 Å². The topological polar surface area (TPSA) is 26.3 Å². The van der Waals surface area contributed by atoms with Crippen LogP contribution in [0.4, 0.5) is 0 Å². The van der Waals surface area contributed by atoms with Gasteiger partial charge in [0.15, 0.2) is 5.78 Å². The Hall–Kier alpha value is -2.36. The molecule has 3 aromatic carbocycles. The van der Waals surface area contributed by atoms with Crippen LogP contribution in [-0.4, -0.2) is 5.78 Å². The van der Waals surface area contributed by atoms with E-state index >= 15 is 0 Å². The van der Waals surface area contributed by atoms with Crippen molar-refractivity contribution < 1.29 is 9.53 Å². The second kappa shape index (κ2) is 8.15. The van der Waals surface area contributed by atoms with Gasteiger partial charge in [-0.3, -0.25) is 4.79 Å². The van der Waals surface area contributed by atoms with Gasteiger partial charge < -0.3 is 4.74 Å². The van der Waals surface area contributed by atoms with E-state index in [-0.39, 0.29) is 5.78 Å². The van der Waals surface area contributed by atoms with E-state index in [2.05, 4.69) is 15.9 Å². The molecule has 0 N–H and O–H groups in total. The van der Waals surface area contributed by atoms with Crippen molar-refractivity contribution in [3.63, 3.8) is 0 Å². The Labute approximate surface area is 159 Å². The lowest BCUT2D eigenvalue weighted by Crippen LogP contribution is -1.93. The predicted molar refractivity (Wildman–Crippen MR) is 105 cm³/mol. The van der Waals surface area contributed by atoms with Crippen LogP contribution in [0.5, 0.6) is 11.5 Å². The van der Waals surface area contributed by atoms with E-state index in [4.69, 9.17) is 16.3 Å².